The van der Waals surface area contributed by atoms with E-state index in [1.165, 1.54) is 0 Å². The van der Waals surface area contributed by atoms with Gasteiger partial charge in [0.2, 0.25) is 0 Å². The molecule has 0 aliphatic carbocycles. The number of hydrogen-bond donors (Lipinski definition) is 1. The number of aliphatic hydroxyl groups excluding tert-OH is 1. The highest BCUT2D eigenvalue weighted by Gasteiger charge is 2.06. The molecule has 94 valence electrons. The van der Waals surface area contributed by atoms with Crippen LogP contribution in [0.5, 0.6) is 11.5 Å². The fraction of sp³-hybridized carbons (Fsp3) is 0.429. The molecule has 0 saturated heterocycles. The summed E-state index contributed by atoms with van der Waals surface area (Å²) in [4.78, 5) is 0. The first-order valence-corrected chi connectivity index (χ1v) is 5.74. The van der Waals surface area contributed by atoms with Crippen LogP contribution in [0.4, 0.5) is 0 Å². The topological polar surface area (TPSA) is 38.7 Å². The van der Waals surface area contributed by atoms with E-state index in [4.69, 9.17) is 9.47 Å². The van der Waals surface area contributed by atoms with Crippen molar-refractivity contribution >= 4 is 6.08 Å². The molecular weight excluding hydrogens is 216 g/mol. The maximum absolute atomic E-state index is 9.17. The van der Waals surface area contributed by atoms with Gasteiger partial charge in [-0.25, -0.2) is 0 Å². The maximum Gasteiger partial charge on any atom is 0.161 e. The van der Waals surface area contributed by atoms with E-state index in [0.717, 1.165) is 11.3 Å². The van der Waals surface area contributed by atoms with Gasteiger partial charge in [0.1, 0.15) is 0 Å². The summed E-state index contributed by atoms with van der Waals surface area (Å²) in [6.07, 6.45) is 3.24. The summed E-state index contributed by atoms with van der Waals surface area (Å²) in [7, 11) is 1.62. The Morgan fingerprint density at radius 1 is 1.18 bits per heavy atom. The fourth-order valence-electron chi connectivity index (χ4n) is 1.39. The lowest BCUT2D eigenvalue weighted by atomic mass is 10.1. The molecule has 0 spiro atoms. The summed E-state index contributed by atoms with van der Waals surface area (Å²) in [6.45, 7) is 5.66. The van der Waals surface area contributed by atoms with Crippen molar-refractivity contribution in [1.29, 1.82) is 0 Å². The number of methoxy groups -OCH3 is 1. The van der Waals surface area contributed by atoms with Crippen molar-refractivity contribution in [3.8, 4) is 11.5 Å². The molecule has 0 radical (unpaired) electrons. The van der Waals surface area contributed by atoms with Crippen molar-refractivity contribution in [3.63, 3.8) is 0 Å². The van der Waals surface area contributed by atoms with Gasteiger partial charge >= 0.3 is 0 Å². The van der Waals surface area contributed by atoms with Gasteiger partial charge in [0.05, 0.1) is 19.3 Å². The Labute approximate surface area is 103 Å². The van der Waals surface area contributed by atoms with E-state index in [0.29, 0.717) is 5.75 Å². The first-order chi connectivity index (χ1) is 8.02. The Kier molecular flexibility index (Phi) is 5.04. The van der Waals surface area contributed by atoms with Gasteiger partial charge < -0.3 is 14.6 Å². The number of ether oxygens (including phenoxy) is 2. The van der Waals surface area contributed by atoms with E-state index in [1.807, 2.05) is 38.1 Å². The van der Waals surface area contributed by atoms with E-state index in [2.05, 4.69) is 0 Å². The molecule has 0 aromatic heterocycles. The zero-order valence-electron chi connectivity index (χ0n) is 10.8. The van der Waals surface area contributed by atoms with E-state index in [-0.39, 0.29) is 6.10 Å². The third kappa shape index (κ3) is 4.49. The average molecular weight is 236 g/mol. The van der Waals surface area contributed by atoms with Crippen molar-refractivity contribution < 1.29 is 14.6 Å². The van der Waals surface area contributed by atoms with Gasteiger partial charge in [-0.05, 0) is 38.5 Å². The van der Waals surface area contributed by atoms with Crippen LogP contribution in [0.3, 0.4) is 0 Å². The highest BCUT2D eigenvalue weighted by molar-refractivity contribution is 5.56. The van der Waals surface area contributed by atoms with Gasteiger partial charge in [0.15, 0.2) is 11.5 Å². The smallest absolute Gasteiger partial charge is 0.161 e. The lowest BCUT2D eigenvalue weighted by Crippen LogP contribution is -2.06. The highest BCUT2D eigenvalue weighted by atomic mass is 16.5. The molecule has 3 heteroatoms. The highest BCUT2D eigenvalue weighted by Crippen LogP contribution is 2.29. The summed E-state index contributed by atoms with van der Waals surface area (Å²) < 4.78 is 10.9. The number of hydrogen-bond acceptors (Lipinski definition) is 3. The Hall–Kier alpha value is -1.48. The van der Waals surface area contributed by atoms with E-state index < -0.39 is 6.10 Å². The van der Waals surface area contributed by atoms with Crippen LogP contribution in [0.25, 0.3) is 6.08 Å². The lowest BCUT2D eigenvalue weighted by Gasteiger charge is -2.13. The second-order valence-corrected chi connectivity index (χ2v) is 4.18. The van der Waals surface area contributed by atoms with E-state index in [1.54, 1.807) is 20.1 Å². The molecule has 0 amide bonds. The minimum atomic E-state index is -0.451. The summed E-state index contributed by atoms with van der Waals surface area (Å²) in [5, 5.41) is 9.17. The molecule has 1 aromatic carbocycles. The van der Waals surface area contributed by atoms with Crippen molar-refractivity contribution in [1.82, 2.24) is 0 Å². The quantitative estimate of drug-likeness (QED) is 0.854. The summed E-state index contributed by atoms with van der Waals surface area (Å²) in [6, 6.07) is 5.69. The molecule has 1 aromatic rings. The fourth-order valence-corrected chi connectivity index (χ4v) is 1.39. The van der Waals surface area contributed by atoms with Crippen molar-refractivity contribution in [2.24, 2.45) is 0 Å². The number of rotatable bonds is 5. The minimum Gasteiger partial charge on any atom is -0.493 e. The van der Waals surface area contributed by atoms with Gasteiger partial charge in [0.25, 0.3) is 0 Å². The Balaban J connectivity index is 2.92. The Morgan fingerprint density at radius 3 is 2.41 bits per heavy atom. The van der Waals surface area contributed by atoms with Crippen LogP contribution >= 0.6 is 0 Å². The standard InChI is InChI=1S/C14H20O3/c1-10(2)17-13-8-7-12(6-5-11(3)15)9-14(13)16-4/h5-11,15H,1-4H3/b6-5+. The zero-order chi connectivity index (χ0) is 12.8. The van der Waals surface area contributed by atoms with Crippen LogP contribution in [0.2, 0.25) is 0 Å². The zero-order valence-corrected chi connectivity index (χ0v) is 10.8. The lowest BCUT2D eigenvalue weighted by molar-refractivity contribution is 0.230. The molecule has 0 bridgehead atoms. The SMILES string of the molecule is COc1cc(/C=C/C(C)O)ccc1OC(C)C. The van der Waals surface area contributed by atoms with Gasteiger partial charge in [-0.2, -0.15) is 0 Å². The van der Waals surface area contributed by atoms with Gasteiger partial charge in [-0.15, -0.1) is 0 Å². The molecule has 0 heterocycles. The molecule has 1 N–H and O–H groups in total. The van der Waals surface area contributed by atoms with Crippen molar-refractivity contribution in [2.75, 3.05) is 7.11 Å². The van der Waals surface area contributed by atoms with Crippen LogP contribution in [0, 0.1) is 0 Å². The summed E-state index contributed by atoms with van der Waals surface area (Å²) in [5.41, 5.74) is 0.971. The van der Waals surface area contributed by atoms with Crippen LogP contribution in [-0.4, -0.2) is 24.4 Å². The summed E-state index contributed by atoms with van der Waals surface area (Å²) in [5.74, 6) is 1.43. The summed E-state index contributed by atoms with van der Waals surface area (Å²) >= 11 is 0. The van der Waals surface area contributed by atoms with Crippen molar-refractivity contribution in [2.45, 2.75) is 33.0 Å². The molecule has 0 fully saturated rings. The van der Waals surface area contributed by atoms with Gasteiger partial charge in [0, 0.05) is 0 Å². The molecule has 1 unspecified atom stereocenters. The first-order valence-electron chi connectivity index (χ1n) is 5.74. The van der Waals surface area contributed by atoms with E-state index in [9.17, 15) is 5.11 Å². The minimum absolute atomic E-state index is 0.114. The third-order valence-corrected chi connectivity index (χ3v) is 2.12. The predicted molar refractivity (Wildman–Crippen MR) is 69.5 cm³/mol. The van der Waals surface area contributed by atoms with Crippen LogP contribution < -0.4 is 9.47 Å². The third-order valence-electron chi connectivity index (χ3n) is 2.12. The largest absolute Gasteiger partial charge is 0.493 e. The van der Waals surface area contributed by atoms with E-state index >= 15 is 0 Å². The monoisotopic (exact) mass is 236 g/mol. The predicted octanol–water partition coefficient (Wildman–Crippen LogP) is 2.88. The second-order valence-electron chi connectivity index (χ2n) is 4.18. The molecule has 0 saturated carbocycles. The number of benzene rings is 1. The molecule has 3 nitrogen and oxygen atoms in total. The Morgan fingerprint density at radius 2 is 1.88 bits per heavy atom. The van der Waals surface area contributed by atoms with Crippen molar-refractivity contribution in [3.05, 3.63) is 29.8 Å². The molecular formula is C14H20O3. The molecule has 1 rings (SSSR count). The molecule has 0 aliphatic heterocycles. The molecule has 17 heavy (non-hydrogen) atoms. The van der Waals surface area contributed by atoms with Crippen LogP contribution in [-0.2, 0) is 0 Å². The average Bonchev–Trinajstić information content (AvgIpc) is 2.26. The Bertz CT molecular complexity index is 381. The van der Waals surface area contributed by atoms with Gasteiger partial charge in [-0.3, -0.25) is 0 Å². The maximum atomic E-state index is 9.17. The van der Waals surface area contributed by atoms with Crippen LogP contribution in [0.15, 0.2) is 24.3 Å². The van der Waals surface area contributed by atoms with Gasteiger partial charge in [-0.1, -0.05) is 18.2 Å². The second kappa shape index (κ2) is 6.30. The first kappa shape index (κ1) is 13.6. The molecule has 0 aliphatic rings. The normalized spacial score (nSPS) is 13.1. The number of aliphatic hydroxyl groups is 1. The molecule has 1 atom stereocenters. The van der Waals surface area contributed by atoms with Crippen LogP contribution in [0.1, 0.15) is 26.3 Å².